The number of rotatable bonds is 2. The zero-order chi connectivity index (χ0) is 9.97. The van der Waals surface area contributed by atoms with Crippen molar-refractivity contribution in [3.63, 3.8) is 0 Å². The summed E-state index contributed by atoms with van der Waals surface area (Å²) in [7, 11) is 0. The Kier molecular flexibility index (Phi) is 3.35. The number of hydrogen-bond donors (Lipinski definition) is 2. The second-order valence-electron chi connectivity index (χ2n) is 3.51. The topological polar surface area (TPSA) is 58.0 Å². The van der Waals surface area contributed by atoms with Crippen LogP contribution in [-0.4, -0.2) is 27.4 Å². The second-order valence-corrected chi connectivity index (χ2v) is 5.76. The largest absolute Gasteiger partial charge is 0.393 e. The van der Waals surface area contributed by atoms with Crippen LogP contribution in [0.4, 0.5) is 5.13 Å². The van der Waals surface area contributed by atoms with Crippen LogP contribution in [0.5, 0.6) is 0 Å². The van der Waals surface area contributed by atoms with E-state index in [-0.39, 0.29) is 6.10 Å². The maximum absolute atomic E-state index is 9.34. The fourth-order valence-electron chi connectivity index (χ4n) is 1.66. The summed E-state index contributed by atoms with van der Waals surface area (Å²) in [5.41, 5.74) is 0. The van der Waals surface area contributed by atoms with Gasteiger partial charge in [0.15, 0.2) is 3.92 Å². The average Bonchev–Trinajstić information content (AvgIpc) is 2.56. The van der Waals surface area contributed by atoms with E-state index in [0.29, 0.717) is 6.04 Å². The molecule has 0 saturated heterocycles. The van der Waals surface area contributed by atoms with E-state index in [4.69, 9.17) is 0 Å². The number of halogens is 1. The van der Waals surface area contributed by atoms with E-state index in [1.165, 1.54) is 11.3 Å². The molecule has 14 heavy (non-hydrogen) atoms. The van der Waals surface area contributed by atoms with Crippen LogP contribution < -0.4 is 5.32 Å². The Morgan fingerprint density at radius 3 is 2.57 bits per heavy atom. The van der Waals surface area contributed by atoms with Gasteiger partial charge in [-0.1, -0.05) is 11.3 Å². The van der Waals surface area contributed by atoms with Gasteiger partial charge in [-0.2, -0.15) is 0 Å². The summed E-state index contributed by atoms with van der Waals surface area (Å²) < 4.78 is 0.802. The highest BCUT2D eigenvalue weighted by atomic mass is 79.9. The minimum absolute atomic E-state index is 0.103. The number of hydrogen-bond acceptors (Lipinski definition) is 5. The summed E-state index contributed by atoms with van der Waals surface area (Å²) in [6, 6.07) is 0.443. The van der Waals surface area contributed by atoms with Crippen LogP contribution in [0.2, 0.25) is 0 Å². The lowest BCUT2D eigenvalue weighted by molar-refractivity contribution is 0.126. The SMILES string of the molecule is OC1CCC(Nc2nnc(Br)s2)CC1. The standard InChI is InChI=1S/C8H12BrN3OS/c9-7-11-12-8(14-7)10-5-1-3-6(13)4-2-5/h5-6,13H,1-4H2,(H,10,12). The molecule has 1 heterocycles. The van der Waals surface area contributed by atoms with E-state index < -0.39 is 0 Å². The van der Waals surface area contributed by atoms with E-state index in [1.807, 2.05) is 0 Å². The highest BCUT2D eigenvalue weighted by Gasteiger charge is 2.19. The van der Waals surface area contributed by atoms with Gasteiger partial charge >= 0.3 is 0 Å². The van der Waals surface area contributed by atoms with Gasteiger partial charge in [-0.05, 0) is 41.6 Å². The van der Waals surface area contributed by atoms with Gasteiger partial charge in [0, 0.05) is 6.04 Å². The molecular formula is C8H12BrN3OS. The maximum atomic E-state index is 9.34. The van der Waals surface area contributed by atoms with Crippen molar-refractivity contribution in [3.05, 3.63) is 3.92 Å². The van der Waals surface area contributed by atoms with Gasteiger partial charge in [0.2, 0.25) is 5.13 Å². The van der Waals surface area contributed by atoms with Gasteiger partial charge in [0.25, 0.3) is 0 Å². The Morgan fingerprint density at radius 2 is 2.00 bits per heavy atom. The molecule has 1 saturated carbocycles. The lowest BCUT2D eigenvalue weighted by atomic mass is 9.93. The van der Waals surface area contributed by atoms with E-state index in [2.05, 4.69) is 31.4 Å². The van der Waals surface area contributed by atoms with Crippen LogP contribution >= 0.6 is 27.3 Å². The van der Waals surface area contributed by atoms with Crippen LogP contribution in [0, 0.1) is 0 Å². The molecule has 1 aliphatic rings. The predicted octanol–water partition coefficient (Wildman–Crippen LogP) is 2.02. The lowest BCUT2D eigenvalue weighted by Crippen LogP contribution is -2.28. The molecule has 2 N–H and O–H groups in total. The normalized spacial score (nSPS) is 27.6. The number of nitrogens with zero attached hydrogens (tertiary/aromatic N) is 2. The summed E-state index contributed by atoms with van der Waals surface area (Å²) in [6.07, 6.45) is 3.70. The zero-order valence-corrected chi connectivity index (χ0v) is 10.0. The van der Waals surface area contributed by atoms with Gasteiger partial charge in [0.05, 0.1) is 6.10 Å². The first kappa shape index (κ1) is 10.3. The average molecular weight is 278 g/mol. The van der Waals surface area contributed by atoms with Crippen molar-refractivity contribution in [2.75, 3.05) is 5.32 Å². The minimum Gasteiger partial charge on any atom is -0.393 e. The quantitative estimate of drug-likeness (QED) is 0.869. The molecular weight excluding hydrogens is 266 g/mol. The van der Waals surface area contributed by atoms with E-state index in [1.54, 1.807) is 0 Å². The summed E-state index contributed by atoms with van der Waals surface area (Å²) in [5.74, 6) is 0. The van der Waals surface area contributed by atoms with Crippen molar-refractivity contribution >= 4 is 32.4 Å². The third-order valence-electron chi connectivity index (χ3n) is 2.42. The maximum Gasteiger partial charge on any atom is 0.206 e. The Hall–Kier alpha value is -0.200. The third-order valence-corrected chi connectivity index (χ3v) is 3.71. The molecule has 0 aliphatic heterocycles. The number of aliphatic hydroxyl groups is 1. The van der Waals surface area contributed by atoms with E-state index in [0.717, 1.165) is 34.7 Å². The molecule has 0 aromatic carbocycles. The van der Waals surface area contributed by atoms with E-state index in [9.17, 15) is 5.11 Å². The van der Waals surface area contributed by atoms with Gasteiger partial charge in [0.1, 0.15) is 0 Å². The van der Waals surface area contributed by atoms with Crippen molar-refractivity contribution in [3.8, 4) is 0 Å². The summed E-state index contributed by atoms with van der Waals surface area (Å²) >= 11 is 4.77. The predicted molar refractivity (Wildman–Crippen MR) is 59.5 cm³/mol. The highest BCUT2D eigenvalue weighted by molar-refractivity contribution is 9.11. The molecule has 6 heteroatoms. The van der Waals surface area contributed by atoms with E-state index >= 15 is 0 Å². The Morgan fingerprint density at radius 1 is 1.29 bits per heavy atom. The fourth-order valence-corrected chi connectivity index (χ4v) is 2.75. The number of anilines is 1. The van der Waals surface area contributed by atoms with Crippen molar-refractivity contribution in [1.29, 1.82) is 0 Å². The van der Waals surface area contributed by atoms with Gasteiger partial charge in [-0.25, -0.2) is 0 Å². The molecule has 0 atom stereocenters. The highest BCUT2D eigenvalue weighted by Crippen LogP contribution is 2.25. The fraction of sp³-hybridized carbons (Fsp3) is 0.750. The molecule has 1 aromatic heterocycles. The smallest absolute Gasteiger partial charge is 0.206 e. The zero-order valence-electron chi connectivity index (χ0n) is 7.61. The van der Waals surface area contributed by atoms with Crippen molar-refractivity contribution in [2.45, 2.75) is 37.8 Å². The van der Waals surface area contributed by atoms with Crippen molar-refractivity contribution in [1.82, 2.24) is 10.2 Å². The molecule has 4 nitrogen and oxygen atoms in total. The monoisotopic (exact) mass is 277 g/mol. The molecule has 1 aromatic rings. The van der Waals surface area contributed by atoms with Crippen LogP contribution in [0.1, 0.15) is 25.7 Å². The van der Waals surface area contributed by atoms with Gasteiger partial charge < -0.3 is 10.4 Å². The van der Waals surface area contributed by atoms with Crippen molar-refractivity contribution < 1.29 is 5.11 Å². The first-order valence-corrected chi connectivity index (χ1v) is 6.28. The first-order chi connectivity index (χ1) is 6.74. The van der Waals surface area contributed by atoms with Gasteiger partial charge in [-0.15, -0.1) is 10.2 Å². The Bertz CT molecular complexity index is 299. The molecule has 0 radical (unpaired) electrons. The molecule has 0 bridgehead atoms. The van der Waals surface area contributed by atoms with Crippen molar-refractivity contribution in [2.24, 2.45) is 0 Å². The molecule has 2 rings (SSSR count). The number of aliphatic hydroxyl groups excluding tert-OH is 1. The molecule has 1 aliphatic carbocycles. The summed E-state index contributed by atoms with van der Waals surface area (Å²) in [6.45, 7) is 0. The lowest BCUT2D eigenvalue weighted by Gasteiger charge is -2.25. The Balaban J connectivity index is 1.86. The summed E-state index contributed by atoms with van der Waals surface area (Å²) in [4.78, 5) is 0. The number of aromatic nitrogens is 2. The van der Waals surface area contributed by atoms with Gasteiger partial charge in [-0.3, -0.25) is 0 Å². The Labute approximate surface area is 94.9 Å². The molecule has 0 spiro atoms. The summed E-state index contributed by atoms with van der Waals surface area (Å²) in [5, 5.41) is 21.4. The van der Waals surface area contributed by atoms with Crippen LogP contribution in [0.3, 0.4) is 0 Å². The molecule has 1 fully saturated rings. The van der Waals surface area contributed by atoms with Crippen LogP contribution in [0.25, 0.3) is 0 Å². The minimum atomic E-state index is -0.103. The first-order valence-electron chi connectivity index (χ1n) is 4.67. The van der Waals surface area contributed by atoms with Crippen LogP contribution in [0.15, 0.2) is 3.92 Å². The van der Waals surface area contributed by atoms with Crippen LogP contribution in [-0.2, 0) is 0 Å². The third kappa shape index (κ3) is 2.65. The molecule has 0 unspecified atom stereocenters. The molecule has 0 amide bonds. The molecule has 78 valence electrons. The number of nitrogens with one attached hydrogen (secondary N) is 1. The second kappa shape index (κ2) is 4.55.